The van der Waals surface area contributed by atoms with Crippen LogP contribution in [0.2, 0.25) is 5.02 Å². The van der Waals surface area contributed by atoms with E-state index >= 15 is 0 Å². The average Bonchev–Trinajstić information content (AvgIpc) is 2.34. The van der Waals surface area contributed by atoms with Gasteiger partial charge in [-0.3, -0.25) is 0 Å². The van der Waals surface area contributed by atoms with Crippen LogP contribution in [-0.4, -0.2) is 5.11 Å². The molecule has 4 saturated carbocycles. The molecule has 4 aliphatic rings. The molecular weight excluding hydrogens is 280 g/mol. The maximum absolute atomic E-state index is 11.2. The molecule has 1 nitrogen and oxygen atoms in total. The number of aliphatic hydroxyl groups excluding tert-OH is 1. The monoisotopic (exact) mass is 304 g/mol. The van der Waals surface area contributed by atoms with Gasteiger partial charge in [-0.25, -0.2) is 0 Å². The van der Waals surface area contributed by atoms with E-state index in [1.54, 1.807) is 0 Å². The highest BCUT2D eigenvalue weighted by Gasteiger charge is 2.62. The van der Waals surface area contributed by atoms with E-state index in [-0.39, 0.29) is 5.41 Å². The van der Waals surface area contributed by atoms with Gasteiger partial charge in [-0.15, -0.1) is 0 Å². The Morgan fingerprint density at radius 3 is 2.24 bits per heavy atom. The van der Waals surface area contributed by atoms with Crippen LogP contribution >= 0.6 is 11.6 Å². The quantitative estimate of drug-likeness (QED) is 0.778. The predicted octanol–water partition coefficient (Wildman–Crippen LogP) is 5.37. The second-order valence-electron chi connectivity index (χ2n) is 8.92. The van der Waals surface area contributed by atoms with Crippen LogP contribution in [0.1, 0.15) is 64.0 Å². The summed E-state index contributed by atoms with van der Waals surface area (Å²) in [7, 11) is 0. The van der Waals surface area contributed by atoms with Crippen LogP contribution < -0.4 is 0 Å². The van der Waals surface area contributed by atoms with Crippen molar-refractivity contribution in [1.29, 1.82) is 0 Å². The summed E-state index contributed by atoms with van der Waals surface area (Å²) in [6.45, 7) is 4.90. The zero-order valence-corrected chi connectivity index (χ0v) is 13.8. The Balaban J connectivity index is 1.76. The minimum Gasteiger partial charge on any atom is -0.388 e. The van der Waals surface area contributed by atoms with Crippen molar-refractivity contribution in [2.45, 2.75) is 58.5 Å². The van der Waals surface area contributed by atoms with E-state index < -0.39 is 6.10 Å². The number of halogens is 1. The Morgan fingerprint density at radius 2 is 1.67 bits per heavy atom. The number of aliphatic hydroxyl groups is 1. The zero-order chi connectivity index (χ0) is 14.9. The van der Waals surface area contributed by atoms with Gasteiger partial charge in [-0.05, 0) is 66.9 Å². The van der Waals surface area contributed by atoms with Crippen molar-refractivity contribution < 1.29 is 5.11 Å². The third-order valence-electron chi connectivity index (χ3n) is 6.45. The minimum atomic E-state index is -0.409. The van der Waals surface area contributed by atoms with E-state index in [1.807, 2.05) is 24.3 Å². The molecule has 1 aromatic carbocycles. The highest BCUT2D eigenvalue weighted by atomic mass is 35.5. The molecule has 0 aromatic heterocycles. The molecule has 4 aliphatic carbocycles. The van der Waals surface area contributed by atoms with Gasteiger partial charge in [0.1, 0.15) is 0 Å². The minimum absolute atomic E-state index is 0.0495. The predicted molar refractivity (Wildman–Crippen MR) is 86.3 cm³/mol. The van der Waals surface area contributed by atoms with E-state index in [4.69, 9.17) is 11.6 Å². The van der Waals surface area contributed by atoms with Gasteiger partial charge in [0.2, 0.25) is 0 Å². The molecule has 4 bridgehead atoms. The normalized spacial score (nSPS) is 45.8. The average molecular weight is 305 g/mol. The molecule has 3 atom stereocenters. The van der Waals surface area contributed by atoms with Crippen LogP contribution in [0.25, 0.3) is 0 Å². The summed E-state index contributed by atoms with van der Waals surface area (Å²) >= 11 is 6.37. The molecule has 114 valence electrons. The molecule has 5 rings (SSSR count). The van der Waals surface area contributed by atoms with E-state index in [0.717, 1.165) is 16.5 Å². The molecule has 0 saturated heterocycles. The van der Waals surface area contributed by atoms with Gasteiger partial charge in [0.25, 0.3) is 0 Å². The summed E-state index contributed by atoms with van der Waals surface area (Å²) in [5, 5.41) is 11.9. The summed E-state index contributed by atoms with van der Waals surface area (Å²) in [4.78, 5) is 0. The lowest BCUT2D eigenvalue weighted by atomic mass is 9.39. The maximum Gasteiger partial charge on any atom is 0.0861 e. The van der Waals surface area contributed by atoms with Gasteiger partial charge in [0, 0.05) is 10.4 Å². The van der Waals surface area contributed by atoms with Gasteiger partial charge in [-0.2, -0.15) is 0 Å². The molecule has 21 heavy (non-hydrogen) atoms. The molecule has 3 unspecified atom stereocenters. The molecule has 0 heterocycles. The fraction of sp³-hybridized carbons (Fsp3) is 0.684. The molecule has 1 N–H and O–H groups in total. The topological polar surface area (TPSA) is 20.2 Å². The van der Waals surface area contributed by atoms with Crippen molar-refractivity contribution in [3.05, 3.63) is 34.9 Å². The zero-order valence-electron chi connectivity index (χ0n) is 13.0. The largest absolute Gasteiger partial charge is 0.388 e. The third-order valence-corrected chi connectivity index (χ3v) is 6.79. The number of rotatable bonds is 2. The lowest BCUT2D eigenvalue weighted by Crippen LogP contribution is -2.56. The molecule has 1 aromatic rings. The van der Waals surface area contributed by atoms with Crippen molar-refractivity contribution in [1.82, 2.24) is 0 Å². The van der Waals surface area contributed by atoms with Gasteiger partial charge < -0.3 is 5.11 Å². The lowest BCUT2D eigenvalue weighted by Gasteiger charge is -2.66. The van der Waals surface area contributed by atoms with Crippen molar-refractivity contribution >= 4 is 11.6 Å². The summed E-state index contributed by atoms with van der Waals surface area (Å²) in [5.74, 6) is 0.799. The van der Waals surface area contributed by atoms with E-state index in [9.17, 15) is 5.11 Å². The summed E-state index contributed by atoms with van der Waals surface area (Å²) in [6, 6.07) is 7.86. The Bertz CT molecular complexity index is 563. The Hall–Kier alpha value is -0.530. The highest BCUT2D eigenvalue weighted by Crippen LogP contribution is 2.72. The lowest BCUT2D eigenvalue weighted by molar-refractivity contribution is -0.187. The first-order valence-electron chi connectivity index (χ1n) is 8.26. The number of hydrogen-bond donors (Lipinski definition) is 1. The number of hydrogen-bond acceptors (Lipinski definition) is 1. The highest BCUT2D eigenvalue weighted by molar-refractivity contribution is 6.31. The van der Waals surface area contributed by atoms with Gasteiger partial charge in [-0.1, -0.05) is 43.6 Å². The standard InChI is InChI=1S/C19H25ClO/c1-17-7-13-8-18(2,10-17)12-19(9-13,11-17)16(21)14-5-3-4-6-15(14)20/h3-6,13,16,21H,7-12H2,1-2H3. The molecule has 4 fully saturated rings. The van der Waals surface area contributed by atoms with E-state index in [0.29, 0.717) is 10.8 Å². The van der Waals surface area contributed by atoms with Crippen molar-refractivity contribution in [3.8, 4) is 0 Å². The smallest absolute Gasteiger partial charge is 0.0861 e. The van der Waals surface area contributed by atoms with Crippen LogP contribution in [-0.2, 0) is 0 Å². The molecule has 0 aliphatic heterocycles. The third kappa shape index (κ3) is 2.08. The second kappa shape index (κ2) is 4.26. The van der Waals surface area contributed by atoms with Crippen LogP contribution in [0.3, 0.4) is 0 Å². The Kier molecular flexibility index (Phi) is 2.86. The van der Waals surface area contributed by atoms with Crippen LogP contribution in [0.5, 0.6) is 0 Å². The molecule has 0 spiro atoms. The first-order valence-corrected chi connectivity index (χ1v) is 8.64. The summed E-state index contributed by atoms with van der Waals surface area (Å²) in [6.07, 6.45) is 7.17. The van der Waals surface area contributed by atoms with Crippen LogP contribution in [0.15, 0.2) is 24.3 Å². The van der Waals surface area contributed by atoms with E-state index in [2.05, 4.69) is 13.8 Å². The Morgan fingerprint density at radius 1 is 1.05 bits per heavy atom. The summed E-state index contributed by atoms with van der Waals surface area (Å²) in [5.41, 5.74) is 1.84. The summed E-state index contributed by atoms with van der Waals surface area (Å²) < 4.78 is 0. The number of benzene rings is 1. The first-order chi connectivity index (χ1) is 9.83. The van der Waals surface area contributed by atoms with Crippen LogP contribution in [0.4, 0.5) is 0 Å². The molecule has 2 heteroatoms. The molecular formula is C19H25ClO. The second-order valence-corrected chi connectivity index (χ2v) is 9.32. The first kappa shape index (κ1) is 14.1. The molecule has 0 radical (unpaired) electrons. The fourth-order valence-electron chi connectivity index (χ4n) is 6.87. The van der Waals surface area contributed by atoms with Crippen molar-refractivity contribution in [2.75, 3.05) is 0 Å². The van der Waals surface area contributed by atoms with Gasteiger partial charge >= 0.3 is 0 Å². The Labute approximate surface area is 132 Å². The van der Waals surface area contributed by atoms with Crippen molar-refractivity contribution in [2.24, 2.45) is 22.2 Å². The van der Waals surface area contributed by atoms with Crippen molar-refractivity contribution in [3.63, 3.8) is 0 Å². The van der Waals surface area contributed by atoms with Gasteiger partial charge in [0.15, 0.2) is 0 Å². The van der Waals surface area contributed by atoms with Gasteiger partial charge in [0.05, 0.1) is 6.10 Å². The molecule has 0 amide bonds. The fourth-order valence-corrected chi connectivity index (χ4v) is 7.11. The SMILES string of the molecule is CC12CC3CC(C)(C1)CC(C(O)c1ccccc1Cl)(C3)C2. The maximum atomic E-state index is 11.2. The van der Waals surface area contributed by atoms with E-state index in [1.165, 1.54) is 38.5 Å². The van der Waals surface area contributed by atoms with Crippen LogP contribution in [0, 0.1) is 22.2 Å².